The first kappa shape index (κ1) is 21.3. The van der Waals surface area contributed by atoms with Gasteiger partial charge in [0.15, 0.2) is 11.5 Å². The highest BCUT2D eigenvalue weighted by molar-refractivity contribution is 6.50. The SMILES string of the molecule is CN(C)C(=O)N1CCc2cccc3c(C4=C(c5cccc6c5OCO6)C(=O)NC4=O)cn(c23)CC1. The van der Waals surface area contributed by atoms with Crippen LogP contribution in [-0.4, -0.2) is 66.2 Å². The summed E-state index contributed by atoms with van der Waals surface area (Å²) in [6.07, 6.45) is 2.61. The van der Waals surface area contributed by atoms with Crippen LogP contribution in [0, 0.1) is 0 Å². The molecule has 178 valence electrons. The van der Waals surface area contributed by atoms with Crippen LogP contribution < -0.4 is 14.8 Å². The number of ether oxygens (including phenoxy) is 2. The molecule has 35 heavy (non-hydrogen) atoms. The van der Waals surface area contributed by atoms with Crippen LogP contribution in [0.3, 0.4) is 0 Å². The van der Waals surface area contributed by atoms with Crippen molar-refractivity contribution in [3.8, 4) is 11.5 Å². The molecule has 0 bridgehead atoms. The van der Waals surface area contributed by atoms with Crippen molar-refractivity contribution >= 4 is 39.9 Å². The molecule has 6 rings (SSSR count). The third kappa shape index (κ3) is 3.26. The summed E-state index contributed by atoms with van der Waals surface area (Å²) in [4.78, 5) is 42.2. The fraction of sp³-hybridized carbons (Fsp3) is 0.269. The number of hydrogen-bond donors (Lipinski definition) is 1. The van der Waals surface area contributed by atoms with Crippen LogP contribution in [0.25, 0.3) is 22.0 Å². The summed E-state index contributed by atoms with van der Waals surface area (Å²) in [7, 11) is 3.50. The van der Waals surface area contributed by atoms with Gasteiger partial charge >= 0.3 is 6.03 Å². The van der Waals surface area contributed by atoms with Gasteiger partial charge in [0.1, 0.15) is 0 Å². The number of carbonyl (C=O) groups is 3. The lowest BCUT2D eigenvalue weighted by molar-refractivity contribution is -0.122. The number of aromatic nitrogens is 1. The lowest BCUT2D eigenvalue weighted by atomic mass is 9.94. The van der Waals surface area contributed by atoms with Gasteiger partial charge in [0.2, 0.25) is 6.79 Å². The highest BCUT2D eigenvalue weighted by Gasteiger charge is 2.37. The predicted octanol–water partition coefficient (Wildman–Crippen LogP) is 2.48. The largest absolute Gasteiger partial charge is 0.454 e. The molecule has 9 heteroatoms. The number of nitrogens with one attached hydrogen (secondary N) is 1. The number of urea groups is 1. The Morgan fingerprint density at radius 1 is 0.943 bits per heavy atom. The fourth-order valence-corrected chi connectivity index (χ4v) is 5.18. The molecule has 2 aromatic carbocycles. The van der Waals surface area contributed by atoms with E-state index in [1.54, 1.807) is 37.2 Å². The van der Waals surface area contributed by atoms with Crippen molar-refractivity contribution in [3.63, 3.8) is 0 Å². The first-order valence-corrected chi connectivity index (χ1v) is 11.5. The second-order valence-electron chi connectivity index (χ2n) is 9.04. The molecule has 3 aliphatic heterocycles. The molecule has 1 aromatic heterocycles. The average Bonchev–Trinajstić information content (AvgIpc) is 3.52. The van der Waals surface area contributed by atoms with Crippen molar-refractivity contribution in [1.29, 1.82) is 0 Å². The quantitative estimate of drug-likeness (QED) is 0.579. The highest BCUT2D eigenvalue weighted by atomic mass is 16.7. The Bertz CT molecular complexity index is 1450. The molecule has 0 saturated carbocycles. The molecule has 4 heterocycles. The van der Waals surface area contributed by atoms with E-state index in [1.165, 1.54) is 0 Å². The molecular weight excluding hydrogens is 448 g/mol. The first-order valence-electron chi connectivity index (χ1n) is 11.5. The number of fused-ring (bicyclic) bond motifs is 1. The normalized spacial score (nSPS) is 17.0. The van der Waals surface area contributed by atoms with Gasteiger partial charge in [-0.15, -0.1) is 0 Å². The van der Waals surface area contributed by atoms with Crippen LogP contribution in [0.4, 0.5) is 4.79 Å². The first-order chi connectivity index (χ1) is 16.9. The van der Waals surface area contributed by atoms with Crippen molar-refractivity contribution in [3.05, 3.63) is 59.3 Å². The van der Waals surface area contributed by atoms with E-state index in [2.05, 4.69) is 16.0 Å². The Morgan fingerprint density at radius 2 is 1.71 bits per heavy atom. The molecule has 4 amide bonds. The molecule has 0 fully saturated rings. The molecule has 0 aliphatic carbocycles. The Kier molecular flexibility index (Phi) is 4.80. The Morgan fingerprint density at radius 3 is 2.51 bits per heavy atom. The van der Waals surface area contributed by atoms with Crippen LogP contribution in [-0.2, 0) is 22.6 Å². The standard InChI is InChI=1S/C26H24N4O5/c1-28(2)26(33)29-10-9-15-5-3-6-16-18(13-30(12-11-29)22(15)16)21-20(24(31)27-25(21)32)17-7-4-8-19-23(17)35-14-34-19/h3-8,13H,9-12,14H2,1-2H3,(H,27,31,32). The summed E-state index contributed by atoms with van der Waals surface area (Å²) < 4.78 is 13.2. The number of para-hydroxylation sites is 2. The summed E-state index contributed by atoms with van der Waals surface area (Å²) >= 11 is 0. The van der Waals surface area contributed by atoms with Crippen LogP contribution in [0.2, 0.25) is 0 Å². The van der Waals surface area contributed by atoms with Crippen molar-refractivity contribution < 1.29 is 23.9 Å². The Balaban J connectivity index is 1.53. The highest BCUT2D eigenvalue weighted by Crippen LogP contribution is 2.44. The van der Waals surface area contributed by atoms with E-state index in [0.717, 1.165) is 16.5 Å². The molecule has 3 aromatic rings. The van der Waals surface area contributed by atoms with Gasteiger partial charge in [-0.2, -0.15) is 0 Å². The van der Waals surface area contributed by atoms with Crippen LogP contribution >= 0.6 is 0 Å². The van der Waals surface area contributed by atoms with Crippen LogP contribution in [0.15, 0.2) is 42.6 Å². The number of amides is 4. The topological polar surface area (TPSA) is 93.1 Å². The van der Waals surface area contributed by atoms with Crippen molar-refractivity contribution in [1.82, 2.24) is 19.7 Å². The minimum atomic E-state index is -0.460. The van der Waals surface area contributed by atoms with Crippen LogP contribution in [0.5, 0.6) is 11.5 Å². The van der Waals surface area contributed by atoms with E-state index in [9.17, 15) is 14.4 Å². The molecule has 9 nitrogen and oxygen atoms in total. The monoisotopic (exact) mass is 472 g/mol. The average molecular weight is 473 g/mol. The summed E-state index contributed by atoms with van der Waals surface area (Å²) in [5.41, 5.74) is 3.93. The zero-order valence-electron chi connectivity index (χ0n) is 19.5. The molecule has 0 saturated heterocycles. The zero-order chi connectivity index (χ0) is 24.3. The van der Waals surface area contributed by atoms with Gasteiger partial charge in [-0.25, -0.2) is 4.79 Å². The maximum atomic E-state index is 13.1. The van der Waals surface area contributed by atoms with Crippen LogP contribution in [0.1, 0.15) is 16.7 Å². The maximum Gasteiger partial charge on any atom is 0.319 e. The summed E-state index contributed by atoms with van der Waals surface area (Å²) in [6.45, 7) is 1.79. The number of rotatable bonds is 2. The number of imide groups is 1. The number of carbonyl (C=O) groups excluding carboxylic acids is 3. The minimum Gasteiger partial charge on any atom is -0.454 e. The Hall–Kier alpha value is -4.27. The van der Waals surface area contributed by atoms with Gasteiger partial charge < -0.3 is 23.8 Å². The van der Waals surface area contributed by atoms with E-state index >= 15 is 0 Å². The van der Waals surface area contributed by atoms with Gasteiger partial charge in [0.05, 0.1) is 16.7 Å². The van der Waals surface area contributed by atoms with E-state index in [0.29, 0.717) is 54.3 Å². The second kappa shape index (κ2) is 7.90. The van der Waals surface area contributed by atoms with E-state index in [4.69, 9.17) is 9.47 Å². The van der Waals surface area contributed by atoms with E-state index in [1.807, 2.05) is 23.2 Å². The van der Waals surface area contributed by atoms with Gasteiger partial charge in [-0.1, -0.05) is 30.3 Å². The summed E-state index contributed by atoms with van der Waals surface area (Å²) in [5.74, 6) is 0.107. The number of nitrogens with zero attached hydrogens (tertiary/aromatic N) is 3. The molecule has 0 spiro atoms. The van der Waals surface area contributed by atoms with E-state index < -0.39 is 11.8 Å². The lowest BCUT2D eigenvalue weighted by Gasteiger charge is -2.28. The third-order valence-corrected chi connectivity index (χ3v) is 6.76. The summed E-state index contributed by atoms with van der Waals surface area (Å²) in [5, 5.41) is 3.37. The van der Waals surface area contributed by atoms with Crippen molar-refractivity contribution in [2.75, 3.05) is 34.0 Å². The van der Waals surface area contributed by atoms with Crippen molar-refractivity contribution in [2.45, 2.75) is 13.0 Å². The van der Waals surface area contributed by atoms with Gasteiger partial charge in [-0.05, 0) is 18.1 Å². The number of hydrogen-bond acceptors (Lipinski definition) is 5. The third-order valence-electron chi connectivity index (χ3n) is 6.76. The van der Waals surface area contributed by atoms with Gasteiger partial charge in [0.25, 0.3) is 11.8 Å². The molecule has 3 aliphatic rings. The minimum absolute atomic E-state index is 0.0288. The molecule has 0 atom stereocenters. The second-order valence-corrected chi connectivity index (χ2v) is 9.04. The van der Waals surface area contributed by atoms with E-state index in [-0.39, 0.29) is 18.4 Å². The predicted molar refractivity (Wildman–Crippen MR) is 129 cm³/mol. The fourth-order valence-electron chi connectivity index (χ4n) is 5.18. The van der Waals surface area contributed by atoms with Gasteiger partial charge in [0, 0.05) is 56.4 Å². The van der Waals surface area contributed by atoms with Crippen molar-refractivity contribution in [2.24, 2.45) is 0 Å². The lowest BCUT2D eigenvalue weighted by Crippen LogP contribution is -2.42. The number of benzene rings is 2. The zero-order valence-corrected chi connectivity index (χ0v) is 19.5. The Labute approximate surface area is 201 Å². The molecule has 0 radical (unpaired) electrons. The molecular formula is C26H24N4O5. The maximum absolute atomic E-state index is 13.1. The summed E-state index contributed by atoms with van der Waals surface area (Å²) in [6, 6.07) is 11.3. The smallest absolute Gasteiger partial charge is 0.319 e. The molecule has 1 N–H and O–H groups in total. The van der Waals surface area contributed by atoms with Gasteiger partial charge in [-0.3, -0.25) is 14.9 Å². The molecule has 0 unspecified atom stereocenters.